The number of ether oxygens (including phenoxy) is 21. The van der Waals surface area contributed by atoms with Crippen molar-refractivity contribution >= 4 is 35.5 Å². The molecule has 36 N–H and O–H groups in total. The third-order valence-corrected chi connectivity index (χ3v) is 25.9. The zero-order valence-electron chi connectivity index (χ0n) is 76.4. The van der Waals surface area contributed by atoms with E-state index in [2.05, 4.69) is 26.6 Å². The van der Waals surface area contributed by atoms with Gasteiger partial charge in [-0.25, -0.2) is 4.79 Å². The van der Waals surface area contributed by atoms with Crippen LogP contribution < -0.4 is 26.6 Å². The van der Waals surface area contributed by atoms with Crippen molar-refractivity contribution in [2.75, 3.05) is 66.1 Å². The highest BCUT2D eigenvalue weighted by Gasteiger charge is 2.65. The van der Waals surface area contributed by atoms with Gasteiger partial charge in [0.15, 0.2) is 62.9 Å². The third kappa shape index (κ3) is 25.8. The molecule has 11 aliphatic rings. The van der Waals surface area contributed by atoms with Crippen LogP contribution in [0.5, 0.6) is 0 Å². The Labute approximate surface area is 803 Å². The Morgan fingerprint density at radius 1 is 0.303 bits per heavy atom. The number of nitrogens with one attached hydrogen (secondary N) is 5. The fourth-order valence-corrected chi connectivity index (χ4v) is 18.4. The maximum Gasteiger partial charge on any atom is 0.364 e. The Balaban J connectivity index is 0.946. The van der Waals surface area contributed by atoms with E-state index in [-0.39, 0.29) is 0 Å². The van der Waals surface area contributed by atoms with Crippen molar-refractivity contribution in [2.24, 2.45) is 0 Å². The second-order valence-electron chi connectivity index (χ2n) is 36.0. The molecule has 0 saturated carbocycles. The molecule has 0 bridgehead atoms. The van der Waals surface area contributed by atoms with Crippen molar-refractivity contribution < 1.29 is 287 Å². The van der Waals surface area contributed by atoms with Crippen molar-refractivity contribution in [2.45, 2.75) is 391 Å². The summed E-state index contributed by atoms with van der Waals surface area (Å²) in [6, 6.07) is -9.90. The molecule has 5 amide bonds. The summed E-state index contributed by atoms with van der Waals surface area (Å²) in [5.41, 5.74) is 0. The molecule has 0 aromatic carbocycles. The van der Waals surface area contributed by atoms with Crippen molar-refractivity contribution in [3.8, 4) is 0 Å². The number of aliphatic carboxylic acids is 1. The maximum absolute atomic E-state index is 13.6. The summed E-state index contributed by atoms with van der Waals surface area (Å²) < 4.78 is 126. The fraction of sp³-hybridized carbons (Fsp3) is 0.924. The van der Waals surface area contributed by atoms with E-state index in [1.165, 1.54) is 6.92 Å². The molecule has 56 atom stereocenters. The van der Waals surface area contributed by atoms with Gasteiger partial charge >= 0.3 is 5.97 Å². The monoisotopic (exact) mass is 2080 g/mol. The molecule has 0 aliphatic carbocycles. The van der Waals surface area contributed by atoms with E-state index in [4.69, 9.17) is 99.5 Å². The molecule has 0 radical (unpaired) electrons. The van der Waals surface area contributed by atoms with E-state index in [1.54, 1.807) is 0 Å². The summed E-state index contributed by atoms with van der Waals surface area (Å²) in [6.07, 6.45) is -112. The summed E-state index contributed by atoms with van der Waals surface area (Å²) in [7, 11) is 0. The number of carboxylic acids is 1. The van der Waals surface area contributed by atoms with Crippen LogP contribution in [0, 0.1) is 0 Å². The maximum atomic E-state index is 13.6. The number of aliphatic hydroxyl groups excluding tert-OH is 30. The minimum Gasteiger partial charge on any atom is -0.477 e. The van der Waals surface area contributed by atoms with E-state index in [1.807, 2.05) is 0 Å². The molecule has 11 fully saturated rings. The zero-order valence-corrected chi connectivity index (χ0v) is 76.4. The minimum absolute atomic E-state index is 0.825. The zero-order chi connectivity index (χ0) is 105. The van der Waals surface area contributed by atoms with Crippen LogP contribution in [-0.4, -0.2) is 603 Å². The molecule has 1 unspecified atom stereocenters. The van der Waals surface area contributed by atoms with E-state index in [9.17, 15) is 187 Å². The molecule has 11 rings (SSSR count). The second kappa shape index (κ2) is 50.6. The first kappa shape index (κ1) is 117. The van der Waals surface area contributed by atoms with Gasteiger partial charge in [-0.15, -0.1) is 0 Å². The lowest BCUT2D eigenvalue weighted by molar-refractivity contribution is -0.401. The Hall–Kier alpha value is -5.22. The number of amides is 5. The first-order chi connectivity index (χ1) is 67.0. The average Bonchev–Trinajstić information content (AvgIpc) is 0.874. The highest BCUT2D eigenvalue weighted by atomic mass is 16.8. The quantitative estimate of drug-likeness (QED) is 0.0273. The minimum atomic E-state index is -3.39. The number of hydrogen-bond acceptors (Lipinski definition) is 57. The summed E-state index contributed by atoms with van der Waals surface area (Å²) in [6.45, 7) is -6.31. The van der Waals surface area contributed by atoms with Crippen LogP contribution in [0.2, 0.25) is 0 Å². The third-order valence-electron chi connectivity index (χ3n) is 25.9. The van der Waals surface area contributed by atoms with Crippen LogP contribution in [0.1, 0.15) is 48.0 Å². The van der Waals surface area contributed by atoms with Gasteiger partial charge in [-0.3, -0.25) is 24.0 Å². The van der Waals surface area contributed by atoms with Crippen LogP contribution in [0.3, 0.4) is 0 Å². The molecule has 0 aromatic rings. The fourth-order valence-electron chi connectivity index (χ4n) is 18.4. The molecule has 820 valence electrons. The molecule has 63 nitrogen and oxygen atoms in total. The first-order valence-corrected chi connectivity index (χ1v) is 45.1. The summed E-state index contributed by atoms with van der Waals surface area (Å²) in [5.74, 6) is -10.6. The van der Waals surface area contributed by atoms with E-state index in [0.29, 0.717) is 0 Å². The molecule has 11 heterocycles. The Kier molecular flexibility index (Phi) is 41.7. The van der Waals surface area contributed by atoms with Gasteiger partial charge in [0.05, 0.1) is 84.3 Å². The Bertz CT molecular complexity index is 4010. The van der Waals surface area contributed by atoms with Crippen molar-refractivity contribution in [1.29, 1.82) is 0 Å². The van der Waals surface area contributed by atoms with Crippen LogP contribution in [0.15, 0.2) is 0 Å². The van der Waals surface area contributed by atoms with Gasteiger partial charge in [0.25, 0.3) is 5.79 Å². The Morgan fingerprint density at radius 3 is 1.12 bits per heavy atom. The lowest BCUT2D eigenvalue weighted by Crippen LogP contribution is -2.72. The number of carbonyl (C=O) groups is 6. The molecule has 11 saturated heterocycles. The van der Waals surface area contributed by atoms with Gasteiger partial charge in [0.1, 0.15) is 256 Å². The molecule has 142 heavy (non-hydrogen) atoms. The van der Waals surface area contributed by atoms with Gasteiger partial charge < -0.3 is 284 Å². The standard InChI is InChI=1S/C79H131N5O58/c1-18-40(100)51(111)55(115)72(124-18)122-17-34-60(49(109)36(68(119)125-34)81-20(3)94)134-69-37(82-21(4)95)50(110)59(32(15-92)132-69)135-74-57(117)64(48(108)33(133-74)16-123-76-66(53(113)43(103)27(10-87)130-76)139-70-38(83-22(5)96)61(45(105)29(12-89)126-70)136-73-56(116)52(112)42(102)26(9-86)128-73)138-77-67(54(114)44(104)28(11-88)131-77)140-71-39(84-23(6)97)62(46(106)30(13-90)127-71)137-75-58(118)65(47(107)31(14-91)129-75)142-79(78(120)121)7-24(98)35(80-19(2)93)63(141-79)41(101)25(99)8-85/h18,24-77,85-92,98-119H,7-17H2,1-6H3,(H,80,93)(H,81,94)(H,82,95)(H,83,96)(H,84,97)(H,120,121)/t18-,24-,25+,26+,27+,28+,29+,30+,31+,32+,33+,34+,35+,36+,37+,38+,39-,40+,41+,42-,43+,44+,45+,46+,47-,48+,49+,50+,51+,52-,53-,54-,55-,56+,57-,58+,59+,60+,61+,62+,63+,64-,65-,66-,67-,68?,69-,70-,71-,72+,73-,74-,75-,76-,77+,79-/m0/s1. The predicted molar refractivity (Wildman–Crippen MR) is 436 cm³/mol. The largest absolute Gasteiger partial charge is 0.477 e. The highest BCUT2D eigenvalue weighted by molar-refractivity contribution is 5.77. The SMILES string of the molecule is CC(=O)N[C@@H]1[C@H](O[C@@H]2[C@@H](O[C@@H]3[C@H](O)[C@H](O[C@H]4[C@H](O)[C@@H](NC(C)=O)[C@H](O[C@H]5[C@H](O)[C@@H](NC(C)=O)C(O)O[C@@H]5CO[C@@H]5O[C@@H](C)[C@@H](O)[C@@H](O)[C@@H]5O)O[C@@H]4CO)O[C@H](CO[C@H]4O[C@H](CO)[C@@H](O)[C@H](O)[C@@H]4O[C@@H]4O[C@H](CO)[C@@H](O)[C@H](O[C@@H]5O[C@H](CO)[C@H](O)[C@H](O)[C@H]5O)[C@H]4NC(C)=O)[C@H]3O)O[C@H](CO)[C@@H](O)[C@@H]2O)O[C@H](CO)[C@@H](O)[C@@H]1O[C@@H]1O[C@H](CO)[C@H](O)[C@H](O[C@]2(C(=O)O)C[C@H](O)[C@@H](NC(C)=O)[C@H]([C@H](O)[C@H](O)CO)O2)[C@H]1O. The summed E-state index contributed by atoms with van der Waals surface area (Å²) in [4.78, 5) is 78.5. The van der Waals surface area contributed by atoms with Crippen molar-refractivity contribution in [1.82, 2.24) is 26.6 Å². The second-order valence-corrected chi connectivity index (χ2v) is 36.0. The molecule has 11 aliphatic heterocycles. The smallest absolute Gasteiger partial charge is 0.364 e. The van der Waals surface area contributed by atoms with Crippen LogP contribution in [0.4, 0.5) is 0 Å². The molecule has 0 spiro atoms. The summed E-state index contributed by atoms with van der Waals surface area (Å²) in [5, 5.41) is 362. The topological polar surface area (TPSA) is 984 Å². The van der Waals surface area contributed by atoms with Crippen LogP contribution >= 0.6 is 0 Å². The van der Waals surface area contributed by atoms with Gasteiger partial charge in [-0.2, -0.15) is 0 Å². The molecular formula is C79H131N5O58. The number of rotatable bonds is 38. The van der Waals surface area contributed by atoms with Crippen LogP contribution in [0.25, 0.3) is 0 Å². The normalized spacial score (nSPS) is 48.0. The molecular weight excluding hydrogens is 1950 g/mol. The summed E-state index contributed by atoms with van der Waals surface area (Å²) >= 11 is 0. The number of carbonyl (C=O) groups excluding carboxylic acids is 5. The van der Waals surface area contributed by atoms with E-state index in [0.717, 1.165) is 34.6 Å². The lowest BCUT2D eigenvalue weighted by Gasteiger charge is -2.52. The number of aliphatic hydroxyl groups is 30. The number of carboxylic acid groups (broad SMARTS) is 1. The van der Waals surface area contributed by atoms with Crippen molar-refractivity contribution in [3.63, 3.8) is 0 Å². The molecule has 0 aromatic heterocycles. The van der Waals surface area contributed by atoms with E-state index < -0.39 is 451 Å². The van der Waals surface area contributed by atoms with E-state index >= 15 is 0 Å². The lowest BCUT2D eigenvalue weighted by atomic mass is 9.88. The van der Waals surface area contributed by atoms with Gasteiger partial charge in [0, 0.05) is 41.0 Å². The van der Waals surface area contributed by atoms with Gasteiger partial charge in [0.2, 0.25) is 29.5 Å². The highest BCUT2D eigenvalue weighted by Crippen LogP contribution is 2.44. The first-order valence-electron chi connectivity index (χ1n) is 45.1. The Morgan fingerprint density at radius 2 is 0.634 bits per heavy atom. The van der Waals surface area contributed by atoms with Gasteiger partial charge in [-0.05, 0) is 6.92 Å². The number of hydrogen-bond donors (Lipinski definition) is 36. The van der Waals surface area contributed by atoms with Gasteiger partial charge in [-0.1, -0.05) is 0 Å². The van der Waals surface area contributed by atoms with Crippen molar-refractivity contribution in [3.05, 3.63) is 0 Å². The predicted octanol–water partition coefficient (Wildman–Crippen LogP) is -24.0. The van der Waals surface area contributed by atoms with Crippen LogP contribution in [-0.2, 0) is 128 Å². The average molecular weight is 2080 g/mol. The molecule has 63 heteroatoms.